The van der Waals surface area contributed by atoms with Gasteiger partial charge in [-0.2, -0.15) is 11.8 Å². The van der Waals surface area contributed by atoms with E-state index < -0.39 is 0 Å². The van der Waals surface area contributed by atoms with E-state index in [0.29, 0.717) is 11.9 Å². The van der Waals surface area contributed by atoms with E-state index >= 15 is 0 Å². The third-order valence-electron chi connectivity index (χ3n) is 4.48. The van der Waals surface area contributed by atoms with Crippen molar-refractivity contribution in [2.45, 2.75) is 63.2 Å². The molecule has 0 aromatic rings. The van der Waals surface area contributed by atoms with Gasteiger partial charge in [0, 0.05) is 12.6 Å². The first-order chi connectivity index (χ1) is 8.24. The number of carbonyl (C=O) groups excluding carboxylic acids is 1. The van der Waals surface area contributed by atoms with E-state index in [0.717, 1.165) is 12.5 Å². The van der Waals surface area contributed by atoms with E-state index in [-0.39, 0.29) is 5.25 Å². The zero-order chi connectivity index (χ0) is 12.3. The fourth-order valence-electron chi connectivity index (χ4n) is 3.41. The Morgan fingerprint density at radius 2 is 1.88 bits per heavy atom. The number of nitrogens with zero attached hydrogens (tertiary/aromatic N) is 1. The van der Waals surface area contributed by atoms with Crippen molar-refractivity contribution in [3.05, 3.63) is 0 Å². The summed E-state index contributed by atoms with van der Waals surface area (Å²) in [4.78, 5) is 14.5. The second-order valence-electron chi connectivity index (χ2n) is 5.52. The van der Waals surface area contributed by atoms with Crippen molar-refractivity contribution in [3.8, 4) is 0 Å². The van der Waals surface area contributed by atoms with Gasteiger partial charge in [0.05, 0.1) is 5.25 Å². The predicted octanol–water partition coefficient (Wildman–Crippen LogP) is 3.31. The van der Waals surface area contributed by atoms with Crippen molar-refractivity contribution < 1.29 is 4.79 Å². The van der Waals surface area contributed by atoms with Crippen LogP contribution in [0.5, 0.6) is 0 Å². The van der Waals surface area contributed by atoms with Crippen LogP contribution in [0.3, 0.4) is 0 Å². The molecule has 0 bridgehead atoms. The van der Waals surface area contributed by atoms with Crippen molar-refractivity contribution >= 4 is 17.7 Å². The zero-order valence-corrected chi connectivity index (χ0v) is 12.0. The van der Waals surface area contributed by atoms with Gasteiger partial charge >= 0.3 is 0 Å². The van der Waals surface area contributed by atoms with Crippen molar-refractivity contribution in [3.63, 3.8) is 0 Å². The monoisotopic (exact) mass is 255 g/mol. The SMILES string of the molecule is CSC(C)C(=O)N1CCCC1C1CCCCC1. The van der Waals surface area contributed by atoms with Crippen LogP contribution < -0.4 is 0 Å². The summed E-state index contributed by atoms with van der Waals surface area (Å²) in [7, 11) is 0. The lowest BCUT2D eigenvalue weighted by molar-refractivity contribution is -0.132. The molecule has 2 atom stereocenters. The third-order valence-corrected chi connectivity index (χ3v) is 5.39. The Bertz CT molecular complexity index is 263. The summed E-state index contributed by atoms with van der Waals surface area (Å²) in [6, 6.07) is 0.567. The molecule has 2 fully saturated rings. The highest BCUT2D eigenvalue weighted by Crippen LogP contribution is 2.35. The fourth-order valence-corrected chi connectivity index (χ4v) is 3.75. The standard InChI is InChI=1S/C14H25NOS/c1-11(17-2)14(16)15-10-6-9-13(15)12-7-4-3-5-8-12/h11-13H,3-10H2,1-2H3. The summed E-state index contributed by atoms with van der Waals surface area (Å²) >= 11 is 1.68. The number of hydrogen-bond acceptors (Lipinski definition) is 2. The van der Waals surface area contributed by atoms with Crippen LogP contribution >= 0.6 is 11.8 Å². The van der Waals surface area contributed by atoms with Gasteiger partial charge in [0.15, 0.2) is 0 Å². The molecule has 2 rings (SSSR count). The second kappa shape index (κ2) is 6.12. The molecule has 1 heterocycles. The van der Waals surface area contributed by atoms with Gasteiger partial charge in [-0.3, -0.25) is 4.79 Å². The Morgan fingerprint density at radius 3 is 2.53 bits per heavy atom. The van der Waals surface area contributed by atoms with Crippen molar-refractivity contribution in [1.82, 2.24) is 4.90 Å². The van der Waals surface area contributed by atoms with E-state index in [4.69, 9.17) is 0 Å². The molecule has 0 aromatic heterocycles. The summed E-state index contributed by atoms with van der Waals surface area (Å²) in [5, 5.41) is 0.138. The maximum Gasteiger partial charge on any atom is 0.235 e. The Balaban J connectivity index is 1.98. The Kier molecular flexibility index (Phi) is 4.78. The molecule has 2 unspecified atom stereocenters. The zero-order valence-electron chi connectivity index (χ0n) is 11.2. The molecular weight excluding hydrogens is 230 g/mol. The Labute approximate surface area is 110 Å². The highest BCUT2D eigenvalue weighted by molar-refractivity contribution is 7.99. The van der Waals surface area contributed by atoms with Crippen molar-refractivity contribution in [2.75, 3.05) is 12.8 Å². The lowest BCUT2D eigenvalue weighted by Crippen LogP contribution is -2.44. The minimum atomic E-state index is 0.138. The second-order valence-corrected chi connectivity index (χ2v) is 6.70. The minimum Gasteiger partial charge on any atom is -0.338 e. The number of hydrogen-bond donors (Lipinski definition) is 0. The number of rotatable bonds is 3. The minimum absolute atomic E-state index is 0.138. The van der Waals surface area contributed by atoms with Crippen LogP contribution in [-0.4, -0.2) is 34.9 Å². The molecule has 0 radical (unpaired) electrons. The topological polar surface area (TPSA) is 20.3 Å². The molecule has 1 aliphatic heterocycles. The Morgan fingerprint density at radius 1 is 1.18 bits per heavy atom. The lowest BCUT2D eigenvalue weighted by atomic mass is 9.83. The molecule has 0 spiro atoms. The predicted molar refractivity (Wildman–Crippen MR) is 74.3 cm³/mol. The summed E-state index contributed by atoms with van der Waals surface area (Å²) in [5.41, 5.74) is 0. The van der Waals surface area contributed by atoms with Crippen molar-refractivity contribution in [1.29, 1.82) is 0 Å². The first-order valence-corrected chi connectivity index (χ1v) is 8.36. The average molecular weight is 255 g/mol. The fraction of sp³-hybridized carbons (Fsp3) is 0.929. The van der Waals surface area contributed by atoms with Gasteiger partial charge in [-0.1, -0.05) is 19.3 Å². The highest BCUT2D eigenvalue weighted by Gasteiger charge is 2.36. The van der Waals surface area contributed by atoms with Crippen molar-refractivity contribution in [2.24, 2.45) is 5.92 Å². The third kappa shape index (κ3) is 2.98. The van der Waals surface area contributed by atoms with Gasteiger partial charge in [-0.25, -0.2) is 0 Å². The molecular formula is C14H25NOS. The molecule has 17 heavy (non-hydrogen) atoms. The van der Waals surface area contributed by atoms with Gasteiger partial charge in [0.25, 0.3) is 0 Å². The summed E-state index contributed by atoms with van der Waals surface area (Å²) in [6.45, 7) is 3.05. The molecule has 1 saturated heterocycles. The van der Waals surface area contributed by atoms with Gasteiger partial charge < -0.3 is 4.90 Å². The molecule has 1 amide bonds. The van der Waals surface area contributed by atoms with Crippen LogP contribution in [0.2, 0.25) is 0 Å². The highest BCUT2D eigenvalue weighted by atomic mass is 32.2. The van der Waals surface area contributed by atoms with Crippen LogP contribution in [0.1, 0.15) is 51.9 Å². The van der Waals surface area contributed by atoms with Crippen LogP contribution in [0.4, 0.5) is 0 Å². The Hall–Kier alpha value is -0.180. The van der Waals surface area contributed by atoms with Gasteiger partial charge in [-0.15, -0.1) is 0 Å². The maximum atomic E-state index is 12.3. The van der Waals surface area contributed by atoms with Crippen LogP contribution in [-0.2, 0) is 4.79 Å². The van der Waals surface area contributed by atoms with Crippen LogP contribution in [0.15, 0.2) is 0 Å². The van der Waals surface area contributed by atoms with E-state index in [9.17, 15) is 4.79 Å². The molecule has 1 saturated carbocycles. The maximum absolute atomic E-state index is 12.3. The normalized spacial score (nSPS) is 28.4. The number of thioether (sulfide) groups is 1. The molecule has 0 N–H and O–H groups in total. The van der Waals surface area contributed by atoms with E-state index in [2.05, 4.69) is 4.90 Å². The van der Waals surface area contributed by atoms with Crippen LogP contribution in [0, 0.1) is 5.92 Å². The molecule has 1 aliphatic carbocycles. The molecule has 98 valence electrons. The molecule has 2 aliphatic rings. The van der Waals surface area contributed by atoms with E-state index in [1.165, 1.54) is 44.9 Å². The van der Waals surface area contributed by atoms with Gasteiger partial charge in [-0.05, 0) is 44.8 Å². The summed E-state index contributed by atoms with van der Waals surface area (Å²) < 4.78 is 0. The number of likely N-dealkylation sites (tertiary alicyclic amines) is 1. The molecule has 0 aromatic carbocycles. The molecule has 3 heteroatoms. The van der Waals surface area contributed by atoms with E-state index in [1.807, 2.05) is 13.2 Å². The van der Waals surface area contributed by atoms with Gasteiger partial charge in [0.2, 0.25) is 5.91 Å². The molecule has 2 nitrogen and oxygen atoms in total. The lowest BCUT2D eigenvalue weighted by Gasteiger charge is -2.35. The summed E-state index contributed by atoms with van der Waals surface area (Å²) in [5.74, 6) is 1.18. The summed E-state index contributed by atoms with van der Waals surface area (Å²) in [6.07, 6.45) is 11.4. The first kappa shape index (κ1) is 13.3. The van der Waals surface area contributed by atoms with E-state index in [1.54, 1.807) is 11.8 Å². The first-order valence-electron chi connectivity index (χ1n) is 7.07. The average Bonchev–Trinajstić information content (AvgIpc) is 2.87. The smallest absolute Gasteiger partial charge is 0.235 e. The largest absolute Gasteiger partial charge is 0.338 e. The van der Waals surface area contributed by atoms with Crippen LogP contribution in [0.25, 0.3) is 0 Å². The van der Waals surface area contributed by atoms with Gasteiger partial charge in [0.1, 0.15) is 0 Å². The number of carbonyl (C=O) groups is 1. The quantitative estimate of drug-likeness (QED) is 0.771. The number of amides is 1.